The lowest BCUT2D eigenvalue weighted by Crippen LogP contribution is -2.48. The molecule has 0 radical (unpaired) electrons. The van der Waals surface area contributed by atoms with Gasteiger partial charge in [-0.2, -0.15) is 0 Å². The highest BCUT2D eigenvalue weighted by Gasteiger charge is 2.28. The van der Waals surface area contributed by atoms with Gasteiger partial charge in [-0.05, 0) is 31.4 Å². The first-order chi connectivity index (χ1) is 12.5. The molecular weight excluding hydrogens is 339 g/mol. The summed E-state index contributed by atoms with van der Waals surface area (Å²) in [6.07, 6.45) is 2.14. The molecule has 4 amide bonds. The quantitative estimate of drug-likeness (QED) is 0.718. The van der Waals surface area contributed by atoms with Gasteiger partial charge in [0.1, 0.15) is 5.82 Å². The molecule has 1 aliphatic rings. The SMILES string of the molecule is CCCNC(=O)CNC(=O)[C@@H]1CCCN(C(=O)Nc2ccccc2F)C1. The van der Waals surface area contributed by atoms with Gasteiger partial charge in [-0.3, -0.25) is 9.59 Å². The van der Waals surface area contributed by atoms with E-state index in [2.05, 4.69) is 16.0 Å². The Morgan fingerprint density at radius 2 is 2.00 bits per heavy atom. The zero-order chi connectivity index (χ0) is 18.9. The Hall–Kier alpha value is -2.64. The minimum Gasteiger partial charge on any atom is -0.355 e. The van der Waals surface area contributed by atoms with Crippen molar-refractivity contribution in [3.8, 4) is 0 Å². The molecule has 1 aromatic rings. The summed E-state index contributed by atoms with van der Waals surface area (Å²) < 4.78 is 13.7. The van der Waals surface area contributed by atoms with Crippen LogP contribution in [-0.2, 0) is 9.59 Å². The standard InChI is InChI=1S/C18H25FN4O3/c1-2-9-20-16(24)11-21-17(25)13-6-5-10-23(12-13)18(26)22-15-8-4-3-7-14(15)19/h3-4,7-8,13H,2,5-6,9-12H2,1H3,(H,20,24)(H,21,25)(H,22,26)/t13-/m1/s1. The first-order valence-electron chi connectivity index (χ1n) is 8.86. The molecule has 3 N–H and O–H groups in total. The summed E-state index contributed by atoms with van der Waals surface area (Å²) in [7, 11) is 0. The van der Waals surface area contributed by atoms with Crippen LogP contribution in [0.4, 0.5) is 14.9 Å². The van der Waals surface area contributed by atoms with Crippen LogP contribution in [0, 0.1) is 11.7 Å². The fraction of sp³-hybridized carbons (Fsp3) is 0.500. The predicted octanol–water partition coefficient (Wildman–Crippen LogP) is 1.71. The van der Waals surface area contributed by atoms with Crippen LogP contribution in [0.2, 0.25) is 0 Å². The van der Waals surface area contributed by atoms with E-state index < -0.39 is 11.8 Å². The number of rotatable bonds is 6. The number of urea groups is 1. The molecule has 7 nitrogen and oxygen atoms in total. The van der Waals surface area contributed by atoms with E-state index in [1.807, 2.05) is 6.92 Å². The Morgan fingerprint density at radius 1 is 1.23 bits per heavy atom. The topological polar surface area (TPSA) is 90.5 Å². The zero-order valence-corrected chi connectivity index (χ0v) is 14.9. The van der Waals surface area contributed by atoms with Crippen LogP contribution < -0.4 is 16.0 Å². The number of benzene rings is 1. The van der Waals surface area contributed by atoms with Gasteiger partial charge in [0.25, 0.3) is 0 Å². The molecule has 1 heterocycles. The average Bonchev–Trinajstić information content (AvgIpc) is 2.66. The molecule has 1 aromatic carbocycles. The molecule has 0 aromatic heterocycles. The van der Waals surface area contributed by atoms with Crippen LogP contribution in [0.15, 0.2) is 24.3 Å². The summed E-state index contributed by atoms with van der Waals surface area (Å²) in [5.74, 6) is -1.37. The van der Waals surface area contributed by atoms with Gasteiger partial charge in [0, 0.05) is 19.6 Å². The molecule has 1 atom stereocenters. The van der Waals surface area contributed by atoms with Gasteiger partial charge in [-0.1, -0.05) is 19.1 Å². The van der Waals surface area contributed by atoms with Crippen LogP contribution in [0.5, 0.6) is 0 Å². The first-order valence-corrected chi connectivity index (χ1v) is 8.86. The van der Waals surface area contributed by atoms with Gasteiger partial charge in [0.05, 0.1) is 18.2 Å². The monoisotopic (exact) mass is 364 g/mol. The van der Waals surface area contributed by atoms with Crippen molar-refractivity contribution >= 4 is 23.5 Å². The van der Waals surface area contributed by atoms with Crippen molar-refractivity contribution in [2.75, 3.05) is 31.5 Å². The van der Waals surface area contributed by atoms with Gasteiger partial charge in [0.15, 0.2) is 0 Å². The number of hydrogen-bond acceptors (Lipinski definition) is 3. The van der Waals surface area contributed by atoms with Crippen molar-refractivity contribution in [1.82, 2.24) is 15.5 Å². The van der Waals surface area contributed by atoms with Crippen molar-refractivity contribution in [2.45, 2.75) is 26.2 Å². The molecule has 142 valence electrons. The van der Waals surface area contributed by atoms with Crippen molar-refractivity contribution in [3.05, 3.63) is 30.1 Å². The van der Waals surface area contributed by atoms with Gasteiger partial charge >= 0.3 is 6.03 Å². The minimum atomic E-state index is -0.509. The summed E-state index contributed by atoms with van der Waals surface area (Å²) in [6, 6.07) is 5.49. The molecular formula is C18H25FN4O3. The van der Waals surface area contributed by atoms with Gasteiger partial charge in [-0.25, -0.2) is 9.18 Å². The second-order valence-electron chi connectivity index (χ2n) is 6.26. The van der Waals surface area contributed by atoms with Crippen LogP contribution in [0.25, 0.3) is 0 Å². The molecule has 8 heteroatoms. The Kier molecular flexibility index (Phi) is 7.37. The van der Waals surface area contributed by atoms with Crippen molar-refractivity contribution in [3.63, 3.8) is 0 Å². The van der Waals surface area contributed by atoms with Crippen LogP contribution in [-0.4, -0.2) is 48.9 Å². The second kappa shape index (κ2) is 9.74. The third-order valence-electron chi connectivity index (χ3n) is 4.19. The number of likely N-dealkylation sites (tertiary alicyclic amines) is 1. The van der Waals surface area contributed by atoms with E-state index in [1.165, 1.54) is 17.0 Å². The lowest BCUT2D eigenvalue weighted by Gasteiger charge is -2.32. The van der Waals surface area contributed by atoms with Crippen molar-refractivity contribution in [2.24, 2.45) is 5.92 Å². The molecule has 0 saturated carbocycles. The lowest BCUT2D eigenvalue weighted by atomic mass is 9.97. The third-order valence-corrected chi connectivity index (χ3v) is 4.19. The highest BCUT2D eigenvalue weighted by molar-refractivity contribution is 5.90. The molecule has 0 aliphatic carbocycles. The maximum atomic E-state index is 13.7. The summed E-state index contributed by atoms with van der Waals surface area (Å²) in [5, 5.41) is 7.83. The van der Waals surface area contributed by atoms with E-state index in [-0.39, 0.29) is 36.5 Å². The van der Waals surface area contributed by atoms with Crippen molar-refractivity contribution < 1.29 is 18.8 Å². The number of halogens is 1. The van der Waals surface area contributed by atoms with Crippen LogP contribution in [0.3, 0.4) is 0 Å². The first kappa shape index (κ1) is 19.7. The minimum absolute atomic E-state index is 0.0727. The van der Waals surface area contributed by atoms with E-state index in [0.29, 0.717) is 25.9 Å². The summed E-state index contributed by atoms with van der Waals surface area (Å²) >= 11 is 0. The molecule has 0 bridgehead atoms. The fourth-order valence-corrected chi connectivity index (χ4v) is 2.77. The van der Waals surface area contributed by atoms with E-state index in [9.17, 15) is 18.8 Å². The number of anilines is 1. The number of para-hydroxylation sites is 1. The van der Waals surface area contributed by atoms with E-state index in [0.717, 1.165) is 6.42 Å². The van der Waals surface area contributed by atoms with Crippen molar-refractivity contribution in [1.29, 1.82) is 0 Å². The van der Waals surface area contributed by atoms with Crippen LogP contribution in [0.1, 0.15) is 26.2 Å². The van der Waals surface area contributed by atoms with Gasteiger partial charge in [-0.15, -0.1) is 0 Å². The number of piperidine rings is 1. The summed E-state index contributed by atoms with van der Waals surface area (Å²) in [6.45, 7) is 3.18. The average molecular weight is 364 g/mol. The maximum Gasteiger partial charge on any atom is 0.321 e. The molecule has 1 fully saturated rings. The Bertz CT molecular complexity index is 653. The highest BCUT2D eigenvalue weighted by Crippen LogP contribution is 2.19. The highest BCUT2D eigenvalue weighted by atomic mass is 19.1. The van der Waals surface area contributed by atoms with Gasteiger partial charge < -0.3 is 20.9 Å². The Morgan fingerprint density at radius 3 is 2.73 bits per heavy atom. The van der Waals surface area contributed by atoms with Gasteiger partial charge in [0.2, 0.25) is 11.8 Å². The number of carbonyl (C=O) groups excluding carboxylic acids is 3. The van der Waals surface area contributed by atoms with E-state index >= 15 is 0 Å². The fourth-order valence-electron chi connectivity index (χ4n) is 2.77. The smallest absolute Gasteiger partial charge is 0.321 e. The normalized spacial score (nSPS) is 16.7. The predicted molar refractivity (Wildman–Crippen MR) is 96.0 cm³/mol. The second-order valence-corrected chi connectivity index (χ2v) is 6.26. The number of hydrogen-bond donors (Lipinski definition) is 3. The molecule has 2 rings (SSSR count). The van der Waals surface area contributed by atoms with E-state index in [1.54, 1.807) is 12.1 Å². The molecule has 0 unspecified atom stereocenters. The largest absolute Gasteiger partial charge is 0.355 e. The zero-order valence-electron chi connectivity index (χ0n) is 14.9. The number of nitrogens with zero attached hydrogens (tertiary/aromatic N) is 1. The molecule has 26 heavy (non-hydrogen) atoms. The number of carbonyl (C=O) groups is 3. The molecule has 0 spiro atoms. The lowest BCUT2D eigenvalue weighted by molar-refractivity contribution is -0.129. The Labute approximate surface area is 152 Å². The summed E-state index contributed by atoms with van der Waals surface area (Å²) in [5.41, 5.74) is 0.108. The maximum absolute atomic E-state index is 13.7. The van der Waals surface area contributed by atoms with Crippen LogP contribution >= 0.6 is 0 Å². The Balaban J connectivity index is 1.84. The molecule has 1 saturated heterocycles. The molecule has 1 aliphatic heterocycles. The van der Waals surface area contributed by atoms with E-state index in [4.69, 9.17) is 0 Å². The summed E-state index contributed by atoms with van der Waals surface area (Å²) in [4.78, 5) is 37.6. The number of nitrogens with one attached hydrogen (secondary N) is 3. The third kappa shape index (κ3) is 5.72. The number of amides is 4.